The predicted molar refractivity (Wildman–Crippen MR) is 131 cm³/mol. The Morgan fingerprint density at radius 1 is 0.971 bits per heavy atom. The van der Waals surface area contributed by atoms with Crippen LogP contribution in [-0.4, -0.2) is 59.5 Å². The molecule has 6 aliphatic rings. The highest BCUT2D eigenvalue weighted by molar-refractivity contribution is 5.76. The van der Waals surface area contributed by atoms with Crippen molar-refractivity contribution in [3.8, 4) is 0 Å². The van der Waals surface area contributed by atoms with Gasteiger partial charge in [-0.1, -0.05) is 6.92 Å². The lowest BCUT2D eigenvalue weighted by molar-refractivity contribution is -0.211. The molecular weight excluding hydrogens is 426 g/mol. The van der Waals surface area contributed by atoms with Crippen LogP contribution in [0.25, 0.3) is 0 Å². The number of likely N-dealkylation sites (tertiary alicyclic amines) is 1. The molecule has 6 fully saturated rings. The molecule has 0 aromatic rings. The van der Waals surface area contributed by atoms with Crippen LogP contribution in [0.3, 0.4) is 0 Å². The maximum Gasteiger partial charge on any atom is 0.222 e. The number of aliphatic hydroxyl groups excluding tert-OH is 2. The molecule has 0 radical (unpaired) electrons. The first kappa shape index (κ1) is 23.7. The number of aliphatic hydroxyl groups is 2. The van der Waals surface area contributed by atoms with Gasteiger partial charge in [0.2, 0.25) is 5.91 Å². The van der Waals surface area contributed by atoms with Gasteiger partial charge in [0.15, 0.2) is 0 Å². The van der Waals surface area contributed by atoms with E-state index in [1.54, 1.807) is 0 Å². The molecule has 0 bridgehead atoms. The molecule has 1 heterocycles. The summed E-state index contributed by atoms with van der Waals surface area (Å²) in [6, 6.07) is 0. The summed E-state index contributed by atoms with van der Waals surface area (Å²) in [5.74, 6) is 3.55. The van der Waals surface area contributed by atoms with E-state index >= 15 is 0 Å². The van der Waals surface area contributed by atoms with E-state index in [2.05, 4.69) is 11.8 Å². The van der Waals surface area contributed by atoms with Crippen molar-refractivity contribution in [3.63, 3.8) is 0 Å². The lowest BCUT2D eigenvalue weighted by atomic mass is 9.43. The van der Waals surface area contributed by atoms with Crippen LogP contribution in [0, 0.1) is 46.3 Å². The quantitative estimate of drug-likeness (QED) is 0.635. The molecule has 0 aromatic heterocycles. The third kappa shape index (κ3) is 3.39. The highest BCUT2D eigenvalue weighted by atomic mass is 16.5. The summed E-state index contributed by atoms with van der Waals surface area (Å²) in [4.78, 5) is 14.9. The summed E-state index contributed by atoms with van der Waals surface area (Å²) in [6.45, 7) is 4.40. The molecule has 34 heavy (non-hydrogen) atoms. The van der Waals surface area contributed by atoms with Crippen LogP contribution in [0.5, 0.6) is 0 Å². The van der Waals surface area contributed by atoms with E-state index in [4.69, 9.17) is 4.74 Å². The van der Waals surface area contributed by atoms with Gasteiger partial charge in [0.1, 0.15) is 0 Å². The molecule has 1 aliphatic heterocycles. The maximum absolute atomic E-state index is 12.8. The Morgan fingerprint density at radius 3 is 2.50 bits per heavy atom. The standard InChI is InChI=1S/C29H47NO4/c1-28-11-10-20(31)15-19(28)16-24(32)27-22-7-6-21-18(5-8-26(33)30-13-3-4-14-30)9-12-29(21,22)25(34-2)17-23(27)28/h18-25,27,31-32H,3-17H2,1-2H3/t18-,19-,20+,21+,22-,23-,24+,25-,27-,28-,29+/m0/s1. The van der Waals surface area contributed by atoms with E-state index in [1.807, 2.05) is 7.11 Å². The van der Waals surface area contributed by atoms with Crippen LogP contribution in [0.15, 0.2) is 0 Å². The first-order chi connectivity index (χ1) is 16.4. The van der Waals surface area contributed by atoms with Crippen LogP contribution in [0.2, 0.25) is 0 Å². The number of hydrogen-bond donors (Lipinski definition) is 2. The molecule has 0 aromatic carbocycles. The Labute approximate surface area is 206 Å². The van der Waals surface area contributed by atoms with Gasteiger partial charge in [-0.3, -0.25) is 4.79 Å². The number of carbonyl (C=O) groups is 1. The Morgan fingerprint density at radius 2 is 1.74 bits per heavy atom. The van der Waals surface area contributed by atoms with E-state index in [0.717, 1.165) is 58.0 Å². The van der Waals surface area contributed by atoms with Crippen molar-refractivity contribution >= 4 is 5.91 Å². The molecule has 5 saturated carbocycles. The minimum Gasteiger partial charge on any atom is -0.393 e. The van der Waals surface area contributed by atoms with Gasteiger partial charge in [0, 0.05) is 32.0 Å². The number of hydrogen-bond acceptors (Lipinski definition) is 4. The smallest absolute Gasteiger partial charge is 0.222 e. The van der Waals surface area contributed by atoms with Crippen LogP contribution >= 0.6 is 0 Å². The van der Waals surface area contributed by atoms with Crippen molar-refractivity contribution in [2.75, 3.05) is 20.2 Å². The van der Waals surface area contributed by atoms with Crippen molar-refractivity contribution in [2.45, 2.75) is 109 Å². The zero-order valence-corrected chi connectivity index (χ0v) is 21.5. The lowest BCUT2D eigenvalue weighted by Gasteiger charge is -2.64. The average molecular weight is 474 g/mol. The number of methoxy groups -OCH3 is 1. The van der Waals surface area contributed by atoms with Crippen molar-refractivity contribution in [1.82, 2.24) is 4.90 Å². The minimum atomic E-state index is -0.234. The Balaban J connectivity index is 1.23. The molecule has 2 N–H and O–H groups in total. The summed E-state index contributed by atoms with van der Waals surface area (Å²) < 4.78 is 6.39. The van der Waals surface area contributed by atoms with Crippen molar-refractivity contribution < 1.29 is 19.7 Å². The predicted octanol–water partition coefficient (Wildman–Crippen LogP) is 4.39. The van der Waals surface area contributed by atoms with Crippen LogP contribution < -0.4 is 0 Å². The van der Waals surface area contributed by atoms with Crippen molar-refractivity contribution in [2.24, 2.45) is 46.3 Å². The summed E-state index contributed by atoms with van der Waals surface area (Å²) in [5.41, 5.74) is 0.426. The van der Waals surface area contributed by atoms with E-state index in [1.165, 1.54) is 38.5 Å². The fourth-order valence-corrected chi connectivity index (χ4v) is 11.0. The highest BCUT2D eigenvalue weighted by Gasteiger charge is 2.69. The van der Waals surface area contributed by atoms with E-state index < -0.39 is 0 Å². The van der Waals surface area contributed by atoms with Gasteiger partial charge < -0.3 is 19.8 Å². The molecule has 1 amide bonds. The van der Waals surface area contributed by atoms with Crippen molar-refractivity contribution in [1.29, 1.82) is 0 Å². The van der Waals surface area contributed by atoms with Gasteiger partial charge in [0.25, 0.3) is 0 Å². The second-order valence-electron chi connectivity index (χ2n) is 13.4. The highest BCUT2D eigenvalue weighted by Crippen LogP contribution is 2.72. The molecule has 1 saturated heterocycles. The summed E-state index contributed by atoms with van der Waals surface area (Å²) in [5, 5.41) is 21.9. The molecule has 6 rings (SSSR count). The number of rotatable bonds is 4. The van der Waals surface area contributed by atoms with E-state index in [0.29, 0.717) is 41.4 Å². The maximum atomic E-state index is 12.8. The second kappa shape index (κ2) is 8.73. The van der Waals surface area contributed by atoms with Gasteiger partial charge in [-0.05, 0) is 118 Å². The molecule has 1 spiro atoms. The molecule has 0 unspecified atom stereocenters. The zero-order chi connectivity index (χ0) is 23.7. The number of ether oxygens (including phenoxy) is 1. The van der Waals surface area contributed by atoms with Crippen molar-refractivity contribution in [3.05, 3.63) is 0 Å². The topological polar surface area (TPSA) is 70.0 Å². The fraction of sp³-hybridized carbons (Fsp3) is 0.966. The molecule has 5 nitrogen and oxygen atoms in total. The zero-order valence-electron chi connectivity index (χ0n) is 21.5. The van der Waals surface area contributed by atoms with Gasteiger partial charge in [-0.25, -0.2) is 0 Å². The van der Waals surface area contributed by atoms with E-state index in [9.17, 15) is 15.0 Å². The lowest BCUT2D eigenvalue weighted by Crippen LogP contribution is -2.62. The molecule has 192 valence electrons. The minimum absolute atomic E-state index is 0.190. The fourth-order valence-electron chi connectivity index (χ4n) is 11.0. The van der Waals surface area contributed by atoms with Gasteiger partial charge >= 0.3 is 0 Å². The Kier molecular flexibility index (Phi) is 6.09. The Hall–Kier alpha value is -0.650. The second-order valence-corrected chi connectivity index (χ2v) is 13.4. The summed E-state index contributed by atoms with van der Waals surface area (Å²) in [7, 11) is 1.93. The molecule has 5 heteroatoms. The SMILES string of the molecule is CO[C@H]1C[C@H]2[C@@H]([C@H](O)C[C@@H]3C[C@H](O)CC[C@@]32C)[C@@H]2CC[C@@H]3[C@@H](CCC(=O)N4CCCC4)CC[C@@]132. The largest absolute Gasteiger partial charge is 0.393 e. The van der Waals surface area contributed by atoms with E-state index in [-0.39, 0.29) is 29.1 Å². The van der Waals surface area contributed by atoms with Gasteiger partial charge in [-0.2, -0.15) is 0 Å². The first-order valence-corrected chi connectivity index (χ1v) is 14.5. The number of carbonyl (C=O) groups excluding carboxylic acids is 1. The summed E-state index contributed by atoms with van der Waals surface area (Å²) in [6.07, 6.45) is 13.7. The number of fused-ring (bicyclic) bond motifs is 4. The molecule has 11 atom stereocenters. The van der Waals surface area contributed by atoms with Gasteiger partial charge in [-0.15, -0.1) is 0 Å². The summed E-state index contributed by atoms with van der Waals surface area (Å²) >= 11 is 0. The normalized spacial score (nSPS) is 52.1. The third-order valence-corrected chi connectivity index (χ3v) is 12.5. The van der Waals surface area contributed by atoms with Crippen LogP contribution in [-0.2, 0) is 9.53 Å². The number of nitrogens with zero attached hydrogens (tertiary/aromatic N) is 1. The average Bonchev–Trinajstić information content (AvgIpc) is 3.55. The van der Waals surface area contributed by atoms with Crippen LogP contribution in [0.4, 0.5) is 0 Å². The third-order valence-electron chi connectivity index (χ3n) is 12.5. The van der Waals surface area contributed by atoms with Crippen LogP contribution in [0.1, 0.15) is 90.4 Å². The van der Waals surface area contributed by atoms with Gasteiger partial charge in [0.05, 0.1) is 18.3 Å². The Bertz CT molecular complexity index is 782. The molecule has 5 aliphatic carbocycles. The first-order valence-electron chi connectivity index (χ1n) is 14.5. The number of amides is 1. The molecular formula is C29H47NO4. The monoisotopic (exact) mass is 473 g/mol.